The molecule has 1 unspecified atom stereocenters. The molecule has 0 fully saturated rings. The van der Waals surface area contributed by atoms with E-state index in [-0.39, 0.29) is 0 Å². The van der Waals surface area contributed by atoms with Crippen LogP contribution in [-0.4, -0.2) is 23.7 Å². The molecule has 1 heterocycles. The first kappa shape index (κ1) is 14.1. The Morgan fingerprint density at radius 2 is 2.05 bits per heavy atom. The lowest BCUT2D eigenvalue weighted by molar-refractivity contribution is 0.576. The van der Waals surface area contributed by atoms with Crippen molar-refractivity contribution in [2.24, 2.45) is 12.8 Å². The van der Waals surface area contributed by atoms with Gasteiger partial charge in [0.1, 0.15) is 0 Å². The van der Waals surface area contributed by atoms with Gasteiger partial charge in [-0.1, -0.05) is 18.2 Å². The van der Waals surface area contributed by atoms with Gasteiger partial charge in [0, 0.05) is 30.2 Å². The smallest absolute Gasteiger partial charge is 0.0480 e. The summed E-state index contributed by atoms with van der Waals surface area (Å²) in [6.07, 6.45) is 5.59. The zero-order valence-corrected chi connectivity index (χ0v) is 12.0. The number of aryl methyl sites for hydroxylation is 1. The number of benzene rings is 1. The van der Waals surface area contributed by atoms with Crippen LogP contribution < -0.4 is 11.1 Å². The van der Waals surface area contributed by atoms with Crippen LogP contribution in [0, 0.1) is 0 Å². The van der Waals surface area contributed by atoms with E-state index in [0.29, 0.717) is 6.04 Å². The molecule has 104 valence electrons. The van der Waals surface area contributed by atoms with Gasteiger partial charge in [0.05, 0.1) is 0 Å². The van der Waals surface area contributed by atoms with Gasteiger partial charge in [-0.05, 0) is 50.9 Å². The highest BCUT2D eigenvalue weighted by Crippen LogP contribution is 2.20. The largest absolute Gasteiger partial charge is 0.350 e. The molecular formula is C16H25N3. The number of nitrogens with one attached hydrogen (secondary N) is 1. The predicted octanol–water partition coefficient (Wildman–Crippen LogP) is 2.44. The molecule has 1 aromatic carbocycles. The van der Waals surface area contributed by atoms with Crippen LogP contribution in [0.5, 0.6) is 0 Å². The zero-order chi connectivity index (χ0) is 13.7. The van der Waals surface area contributed by atoms with Gasteiger partial charge in [0.15, 0.2) is 0 Å². The van der Waals surface area contributed by atoms with Crippen LogP contribution in [0.2, 0.25) is 0 Å². The number of para-hydroxylation sites is 1. The van der Waals surface area contributed by atoms with E-state index in [1.165, 1.54) is 16.5 Å². The van der Waals surface area contributed by atoms with Gasteiger partial charge in [-0.2, -0.15) is 0 Å². The van der Waals surface area contributed by atoms with E-state index >= 15 is 0 Å². The standard InChI is InChI=1S/C16H25N3/c1-13(17)6-5-10-18-11-9-14-12-19(2)16-8-4-3-7-15(14)16/h3-4,7-8,12-13,18H,5-6,9-11,17H2,1-2H3. The summed E-state index contributed by atoms with van der Waals surface area (Å²) < 4.78 is 2.21. The van der Waals surface area contributed by atoms with Gasteiger partial charge >= 0.3 is 0 Å². The molecule has 19 heavy (non-hydrogen) atoms. The topological polar surface area (TPSA) is 43.0 Å². The van der Waals surface area contributed by atoms with E-state index in [2.05, 4.69) is 54.3 Å². The first-order valence-electron chi connectivity index (χ1n) is 7.17. The van der Waals surface area contributed by atoms with Gasteiger partial charge in [0.2, 0.25) is 0 Å². The van der Waals surface area contributed by atoms with E-state index in [9.17, 15) is 0 Å². The molecule has 2 aromatic rings. The summed E-state index contributed by atoms with van der Waals surface area (Å²) in [6, 6.07) is 8.91. The fourth-order valence-corrected chi connectivity index (χ4v) is 2.52. The van der Waals surface area contributed by atoms with Gasteiger partial charge in [-0.25, -0.2) is 0 Å². The third kappa shape index (κ3) is 3.82. The van der Waals surface area contributed by atoms with Crippen LogP contribution in [-0.2, 0) is 13.5 Å². The van der Waals surface area contributed by atoms with Gasteiger partial charge < -0.3 is 15.6 Å². The highest BCUT2D eigenvalue weighted by atomic mass is 14.9. The molecule has 0 spiro atoms. The van der Waals surface area contributed by atoms with Crippen LogP contribution in [0.3, 0.4) is 0 Å². The number of hydrogen-bond acceptors (Lipinski definition) is 2. The maximum Gasteiger partial charge on any atom is 0.0480 e. The number of rotatable bonds is 7. The number of hydrogen-bond donors (Lipinski definition) is 2. The van der Waals surface area contributed by atoms with Crippen molar-refractivity contribution < 1.29 is 0 Å². The second kappa shape index (κ2) is 6.73. The van der Waals surface area contributed by atoms with Gasteiger partial charge in [0.25, 0.3) is 0 Å². The van der Waals surface area contributed by atoms with Crippen LogP contribution in [0.25, 0.3) is 10.9 Å². The molecule has 0 aliphatic heterocycles. The van der Waals surface area contributed by atoms with Crippen molar-refractivity contribution in [3.05, 3.63) is 36.0 Å². The lowest BCUT2D eigenvalue weighted by Crippen LogP contribution is -2.21. The average Bonchev–Trinajstić information content (AvgIpc) is 2.71. The molecule has 2 rings (SSSR count). The van der Waals surface area contributed by atoms with Gasteiger partial charge in [-0.3, -0.25) is 0 Å². The third-order valence-electron chi connectivity index (χ3n) is 3.56. The van der Waals surface area contributed by atoms with Crippen molar-refractivity contribution in [3.63, 3.8) is 0 Å². The Bertz CT molecular complexity index is 514. The summed E-state index contributed by atoms with van der Waals surface area (Å²) in [7, 11) is 2.11. The Balaban J connectivity index is 1.82. The minimum absolute atomic E-state index is 0.319. The SMILES string of the molecule is CC(N)CCCNCCc1cn(C)c2ccccc12. The number of fused-ring (bicyclic) bond motifs is 1. The number of nitrogens with two attached hydrogens (primary N) is 1. The van der Waals surface area contributed by atoms with E-state index in [4.69, 9.17) is 5.73 Å². The Kier molecular flexibility index (Phi) is 5.00. The Morgan fingerprint density at radius 1 is 1.26 bits per heavy atom. The monoisotopic (exact) mass is 259 g/mol. The second-order valence-corrected chi connectivity index (χ2v) is 5.40. The lowest BCUT2D eigenvalue weighted by Gasteiger charge is -2.06. The molecule has 3 N–H and O–H groups in total. The van der Waals surface area contributed by atoms with Crippen molar-refractivity contribution in [2.45, 2.75) is 32.2 Å². The molecular weight excluding hydrogens is 234 g/mol. The van der Waals surface area contributed by atoms with Gasteiger partial charge in [-0.15, -0.1) is 0 Å². The van der Waals surface area contributed by atoms with Crippen LogP contribution in [0.4, 0.5) is 0 Å². The van der Waals surface area contributed by atoms with Crippen LogP contribution >= 0.6 is 0 Å². The molecule has 0 aliphatic rings. The maximum atomic E-state index is 5.73. The first-order valence-corrected chi connectivity index (χ1v) is 7.17. The minimum Gasteiger partial charge on any atom is -0.350 e. The maximum absolute atomic E-state index is 5.73. The van der Waals surface area contributed by atoms with E-state index < -0.39 is 0 Å². The Morgan fingerprint density at radius 3 is 2.84 bits per heavy atom. The predicted molar refractivity (Wildman–Crippen MR) is 82.4 cm³/mol. The molecule has 0 bridgehead atoms. The highest BCUT2D eigenvalue weighted by molar-refractivity contribution is 5.83. The third-order valence-corrected chi connectivity index (χ3v) is 3.56. The van der Waals surface area contributed by atoms with E-state index in [0.717, 1.165) is 32.4 Å². The molecule has 0 aliphatic carbocycles. The summed E-state index contributed by atoms with van der Waals surface area (Å²) >= 11 is 0. The molecule has 0 saturated heterocycles. The van der Waals surface area contributed by atoms with E-state index in [1.54, 1.807) is 0 Å². The molecule has 3 heteroatoms. The molecule has 0 amide bonds. The Hall–Kier alpha value is -1.32. The molecule has 0 saturated carbocycles. The Labute approximate surface area is 115 Å². The normalized spacial score (nSPS) is 13.0. The van der Waals surface area contributed by atoms with Crippen LogP contribution in [0.1, 0.15) is 25.3 Å². The summed E-state index contributed by atoms with van der Waals surface area (Å²) in [5.41, 5.74) is 8.48. The van der Waals surface area contributed by atoms with Crippen molar-refractivity contribution in [3.8, 4) is 0 Å². The number of aromatic nitrogens is 1. The molecule has 1 aromatic heterocycles. The average molecular weight is 259 g/mol. The molecule has 3 nitrogen and oxygen atoms in total. The quantitative estimate of drug-likeness (QED) is 0.750. The summed E-state index contributed by atoms with van der Waals surface area (Å²) in [5.74, 6) is 0. The highest BCUT2D eigenvalue weighted by Gasteiger charge is 2.04. The van der Waals surface area contributed by atoms with Crippen LogP contribution in [0.15, 0.2) is 30.5 Å². The minimum atomic E-state index is 0.319. The zero-order valence-electron chi connectivity index (χ0n) is 12.0. The summed E-state index contributed by atoms with van der Waals surface area (Å²) in [4.78, 5) is 0. The van der Waals surface area contributed by atoms with Crippen molar-refractivity contribution in [1.29, 1.82) is 0 Å². The summed E-state index contributed by atoms with van der Waals surface area (Å²) in [6.45, 7) is 4.16. The second-order valence-electron chi connectivity index (χ2n) is 5.40. The fraction of sp³-hybridized carbons (Fsp3) is 0.500. The first-order chi connectivity index (χ1) is 9.18. The van der Waals surface area contributed by atoms with E-state index in [1.807, 2.05) is 0 Å². The molecule has 1 atom stereocenters. The van der Waals surface area contributed by atoms with Crippen molar-refractivity contribution in [1.82, 2.24) is 9.88 Å². The van der Waals surface area contributed by atoms with Crippen molar-refractivity contribution >= 4 is 10.9 Å². The van der Waals surface area contributed by atoms with Crippen molar-refractivity contribution in [2.75, 3.05) is 13.1 Å². The lowest BCUT2D eigenvalue weighted by atomic mass is 10.1. The fourth-order valence-electron chi connectivity index (χ4n) is 2.52. The number of nitrogens with zero attached hydrogens (tertiary/aromatic N) is 1. The summed E-state index contributed by atoms with van der Waals surface area (Å²) in [5, 5.41) is 4.88. The molecule has 0 radical (unpaired) electrons.